The molecule has 418 valence electrons. The molecule has 0 aromatic heterocycles. The summed E-state index contributed by atoms with van der Waals surface area (Å²) in [7, 11) is 0. The molecule has 0 saturated heterocycles. The van der Waals surface area contributed by atoms with Crippen molar-refractivity contribution in [2.75, 3.05) is 26.2 Å². The predicted octanol–water partition coefficient (Wildman–Crippen LogP) is -2.29. The first-order chi connectivity index (χ1) is 34.9. The van der Waals surface area contributed by atoms with Crippen LogP contribution in [0.2, 0.25) is 0 Å². The Morgan fingerprint density at radius 2 is 0.892 bits per heavy atom. The summed E-state index contributed by atoms with van der Waals surface area (Å²) in [6.07, 6.45) is 2.87. The number of aliphatic hydroxyl groups is 1. The summed E-state index contributed by atoms with van der Waals surface area (Å²) in [5, 5.41) is 48.4. The van der Waals surface area contributed by atoms with E-state index < -0.39 is 108 Å². The molecule has 1 aromatic rings. The van der Waals surface area contributed by atoms with Crippen LogP contribution >= 0.6 is 0 Å². The van der Waals surface area contributed by atoms with Crippen molar-refractivity contribution in [1.29, 1.82) is 5.41 Å². The topological polar surface area (TPSA) is 444 Å². The van der Waals surface area contributed by atoms with Gasteiger partial charge in [0.1, 0.15) is 48.0 Å². The fraction of sp³-hybridized carbons (Fsp3) is 0.673. The van der Waals surface area contributed by atoms with E-state index in [2.05, 4.69) is 42.5 Å². The van der Waals surface area contributed by atoms with Crippen LogP contribution < -0.4 is 71.2 Å². The highest BCUT2D eigenvalue weighted by atomic mass is 16.3. The molecule has 25 heteroatoms. The first kappa shape index (κ1) is 65.4. The molecular formula is C49H86N14O11. The molecule has 0 radical (unpaired) electrons. The van der Waals surface area contributed by atoms with Gasteiger partial charge in [0.25, 0.3) is 0 Å². The van der Waals surface area contributed by atoms with Crippen LogP contribution in [0, 0.1) is 23.2 Å². The maximum absolute atomic E-state index is 14.4. The molecule has 74 heavy (non-hydrogen) atoms. The number of nitrogens with two attached hydrogens (primary N) is 5. The fourth-order valence-corrected chi connectivity index (χ4v) is 7.62. The number of rotatable bonds is 38. The van der Waals surface area contributed by atoms with Crippen molar-refractivity contribution >= 4 is 59.1 Å². The monoisotopic (exact) mass is 1050 g/mol. The first-order valence-corrected chi connectivity index (χ1v) is 25.5. The Hall–Kier alpha value is -6.60. The number of carbonyl (C=O) groups excluding carboxylic acids is 9. The van der Waals surface area contributed by atoms with Gasteiger partial charge in [0, 0.05) is 25.3 Å². The lowest BCUT2D eigenvalue weighted by Crippen LogP contribution is -2.60. The van der Waals surface area contributed by atoms with Crippen LogP contribution in [0.5, 0.6) is 5.75 Å². The first-order valence-electron chi connectivity index (χ1n) is 25.5. The summed E-state index contributed by atoms with van der Waals surface area (Å²) in [4.78, 5) is 121. The van der Waals surface area contributed by atoms with Crippen molar-refractivity contribution in [2.24, 2.45) is 46.4 Å². The second-order valence-corrected chi connectivity index (χ2v) is 19.5. The van der Waals surface area contributed by atoms with Gasteiger partial charge < -0.3 is 81.4 Å². The van der Waals surface area contributed by atoms with Gasteiger partial charge in [-0.15, -0.1) is 0 Å². The van der Waals surface area contributed by atoms with Crippen LogP contribution in [0.25, 0.3) is 0 Å². The number of phenolic OH excluding ortho intramolecular Hbond substituents is 1. The smallest absolute Gasteiger partial charge is 0.243 e. The molecule has 1 rings (SSSR count). The maximum Gasteiger partial charge on any atom is 0.243 e. The number of aromatic hydroxyl groups is 1. The van der Waals surface area contributed by atoms with Gasteiger partial charge in [-0.25, -0.2) is 0 Å². The largest absolute Gasteiger partial charge is 0.508 e. The number of unbranched alkanes of at least 4 members (excludes halogenated alkanes) is 3. The SMILES string of the molecule is CC(C)C[C@H](NC(=O)[C@H](CC(C)C)NC(=O)[C@H](CCCCN)NC(=O)[C@H](CCCCNC(=N)N)NC(=O)[C@H](Cc1ccc(O)cc1)NC(=O)[C@@H](C)CCC(N)=O)C(=O)N[C@@H](CCCCN)C(=O)N[C@@H](CO)C(N)=O. The molecule has 25 nitrogen and oxygen atoms in total. The summed E-state index contributed by atoms with van der Waals surface area (Å²) in [5.41, 5.74) is 28.1. The van der Waals surface area contributed by atoms with Crippen LogP contribution in [0.15, 0.2) is 24.3 Å². The lowest BCUT2D eigenvalue weighted by atomic mass is 9.98. The fourth-order valence-electron chi connectivity index (χ4n) is 7.62. The van der Waals surface area contributed by atoms with E-state index in [9.17, 15) is 53.4 Å². The van der Waals surface area contributed by atoms with E-state index in [1.807, 2.05) is 27.7 Å². The molecule has 0 unspecified atom stereocenters. The van der Waals surface area contributed by atoms with Gasteiger partial charge in [0.15, 0.2) is 5.96 Å². The Morgan fingerprint density at radius 3 is 1.27 bits per heavy atom. The molecule has 9 amide bonds. The summed E-state index contributed by atoms with van der Waals surface area (Å²) in [5.74, 6) is -8.00. The lowest BCUT2D eigenvalue weighted by Gasteiger charge is -2.29. The lowest BCUT2D eigenvalue weighted by molar-refractivity contribution is -0.136. The molecule has 0 spiro atoms. The van der Waals surface area contributed by atoms with E-state index in [0.717, 1.165) is 0 Å². The zero-order valence-electron chi connectivity index (χ0n) is 43.8. The number of nitrogens with one attached hydrogen (secondary N) is 9. The summed E-state index contributed by atoms with van der Waals surface area (Å²) < 4.78 is 0. The van der Waals surface area contributed by atoms with Crippen molar-refractivity contribution in [2.45, 2.75) is 167 Å². The Labute approximate surface area is 434 Å². The molecule has 0 aliphatic carbocycles. The van der Waals surface area contributed by atoms with Gasteiger partial charge in [0.2, 0.25) is 53.2 Å². The van der Waals surface area contributed by atoms with Crippen molar-refractivity contribution in [1.82, 2.24) is 42.5 Å². The number of guanidine groups is 1. The van der Waals surface area contributed by atoms with Crippen LogP contribution in [-0.4, -0.2) is 138 Å². The van der Waals surface area contributed by atoms with Crippen LogP contribution in [-0.2, 0) is 49.6 Å². The van der Waals surface area contributed by atoms with E-state index in [4.69, 9.17) is 34.1 Å². The zero-order chi connectivity index (χ0) is 55.9. The highest BCUT2D eigenvalue weighted by molar-refractivity contribution is 5.97. The Kier molecular flexibility index (Phi) is 31.4. The molecular weight excluding hydrogens is 961 g/mol. The molecule has 0 saturated carbocycles. The third-order valence-corrected chi connectivity index (χ3v) is 11.8. The minimum atomic E-state index is -1.41. The average molecular weight is 1050 g/mol. The van der Waals surface area contributed by atoms with Gasteiger partial charge in [-0.3, -0.25) is 48.6 Å². The molecule has 0 aliphatic rings. The molecule has 0 heterocycles. The van der Waals surface area contributed by atoms with E-state index in [0.29, 0.717) is 50.6 Å². The van der Waals surface area contributed by atoms with E-state index in [-0.39, 0.29) is 88.0 Å². The number of phenols is 1. The normalized spacial score (nSPS) is 14.4. The van der Waals surface area contributed by atoms with Crippen molar-refractivity contribution in [3.63, 3.8) is 0 Å². The Bertz CT molecular complexity index is 1970. The van der Waals surface area contributed by atoms with Gasteiger partial charge in [-0.05, 0) is 120 Å². The van der Waals surface area contributed by atoms with Crippen LogP contribution in [0.4, 0.5) is 0 Å². The molecule has 0 fully saturated rings. The van der Waals surface area contributed by atoms with E-state index >= 15 is 0 Å². The highest BCUT2D eigenvalue weighted by Crippen LogP contribution is 2.15. The number of hydrogen-bond acceptors (Lipinski definition) is 14. The quantitative estimate of drug-likeness (QED) is 0.0188. The van der Waals surface area contributed by atoms with Crippen molar-refractivity contribution < 1.29 is 53.4 Å². The maximum atomic E-state index is 14.4. The number of benzene rings is 1. The number of aliphatic hydroxyl groups excluding tert-OH is 1. The van der Waals surface area contributed by atoms with Gasteiger partial charge in [-0.2, -0.15) is 0 Å². The van der Waals surface area contributed by atoms with Gasteiger partial charge >= 0.3 is 0 Å². The number of amides is 9. The van der Waals surface area contributed by atoms with Crippen molar-refractivity contribution in [3.05, 3.63) is 29.8 Å². The minimum absolute atomic E-state index is 0.0290. The molecule has 0 aliphatic heterocycles. The molecule has 1 aromatic carbocycles. The molecule has 21 N–H and O–H groups in total. The summed E-state index contributed by atoms with van der Waals surface area (Å²) in [6, 6.07) is -2.91. The van der Waals surface area contributed by atoms with Gasteiger partial charge in [-0.1, -0.05) is 46.8 Å². The van der Waals surface area contributed by atoms with E-state index in [1.165, 1.54) is 12.1 Å². The highest BCUT2D eigenvalue weighted by Gasteiger charge is 2.35. The second-order valence-electron chi connectivity index (χ2n) is 19.5. The Morgan fingerprint density at radius 1 is 0.514 bits per heavy atom. The predicted molar refractivity (Wildman–Crippen MR) is 278 cm³/mol. The minimum Gasteiger partial charge on any atom is -0.508 e. The van der Waals surface area contributed by atoms with Crippen molar-refractivity contribution in [3.8, 4) is 5.75 Å². The standard InChI is InChI=1S/C49H86N14O11/c1-28(2)24-36(46(72)58-34(13-7-10-22-51)45(71)63-39(27-64)41(53)67)62-47(73)37(25-29(3)4)61-44(70)33(12-6-9-21-50)57-43(69)35(14-8-11-23-56-49(54)55)59-48(74)38(26-31-16-18-32(65)19-17-31)60-42(68)30(5)15-20-40(52)66/h16-19,28-30,33-39,64-65H,6-15,20-27,50-51H2,1-5H3,(H2,52,66)(H2,53,67)(H,57,69)(H,58,72)(H,59,74)(H,60,68)(H,61,70)(H,62,73)(H,63,71)(H4,54,55,56)/t30-,33-,34-,35-,36-,37-,38-,39-/m0/s1. The third kappa shape index (κ3) is 26.9. The number of hydrogen-bond donors (Lipinski definition) is 16. The average Bonchev–Trinajstić information content (AvgIpc) is 3.32. The zero-order valence-corrected chi connectivity index (χ0v) is 43.8. The second kappa shape index (κ2) is 35.5. The summed E-state index contributed by atoms with van der Waals surface area (Å²) >= 11 is 0. The van der Waals surface area contributed by atoms with E-state index in [1.54, 1.807) is 19.1 Å². The number of primary amides is 2. The molecule has 8 atom stereocenters. The van der Waals surface area contributed by atoms with Crippen LogP contribution in [0.1, 0.15) is 124 Å². The van der Waals surface area contributed by atoms with Crippen LogP contribution in [0.3, 0.4) is 0 Å². The molecule has 0 bridgehead atoms. The Balaban J connectivity index is 3.58. The number of carbonyl (C=O) groups is 9. The third-order valence-electron chi connectivity index (χ3n) is 11.8. The van der Waals surface area contributed by atoms with Gasteiger partial charge in [0.05, 0.1) is 6.61 Å². The summed E-state index contributed by atoms with van der Waals surface area (Å²) in [6.45, 7) is 8.92.